The van der Waals surface area contributed by atoms with Gasteiger partial charge in [0.25, 0.3) is 5.91 Å². The van der Waals surface area contributed by atoms with Crippen molar-refractivity contribution < 1.29 is 9.90 Å². The first-order valence-electron chi connectivity index (χ1n) is 6.68. The van der Waals surface area contributed by atoms with Gasteiger partial charge in [0.15, 0.2) is 5.75 Å². The molecule has 0 atom stereocenters. The first-order valence-corrected chi connectivity index (χ1v) is 7.05. The van der Waals surface area contributed by atoms with Crippen molar-refractivity contribution in [3.63, 3.8) is 0 Å². The molecular formula is C17H10ClN3O2. The van der Waals surface area contributed by atoms with Crippen molar-refractivity contribution in [2.45, 2.75) is 0 Å². The quantitative estimate of drug-likeness (QED) is 0.752. The molecule has 5 nitrogen and oxygen atoms in total. The van der Waals surface area contributed by atoms with E-state index in [1.165, 1.54) is 24.4 Å². The van der Waals surface area contributed by atoms with Crippen molar-refractivity contribution in [1.82, 2.24) is 4.98 Å². The van der Waals surface area contributed by atoms with E-state index in [1.807, 2.05) is 6.07 Å². The molecule has 23 heavy (non-hydrogen) atoms. The maximum atomic E-state index is 12.4. The van der Waals surface area contributed by atoms with E-state index in [9.17, 15) is 9.90 Å². The van der Waals surface area contributed by atoms with Crippen molar-refractivity contribution in [3.8, 4) is 11.8 Å². The average Bonchev–Trinajstić information content (AvgIpc) is 2.57. The minimum atomic E-state index is -0.535. The van der Waals surface area contributed by atoms with Crippen LogP contribution in [0, 0.1) is 11.3 Å². The number of nitrogens with zero attached hydrogens (tertiary/aromatic N) is 2. The van der Waals surface area contributed by atoms with Gasteiger partial charge >= 0.3 is 0 Å². The summed E-state index contributed by atoms with van der Waals surface area (Å²) in [6.07, 6.45) is 1.54. The summed E-state index contributed by atoms with van der Waals surface area (Å²) in [7, 11) is 0. The predicted octanol–water partition coefficient (Wildman–Crippen LogP) is 3.72. The van der Waals surface area contributed by atoms with Gasteiger partial charge in [0.05, 0.1) is 27.9 Å². The van der Waals surface area contributed by atoms with Crippen LogP contribution in [0.4, 0.5) is 5.69 Å². The molecule has 3 aromatic rings. The van der Waals surface area contributed by atoms with Crippen LogP contribution in [-0.4, -0.2) is 16.0 Å². The molecule has 1 heterocycles. The number of anilines is 1. The van der Waals surface area contributed by atoms with E-state index < -0.39 is 5.91 Å². The van der Waals surface area contributed by atoms with Gasteiger partial charge in [0.1, 0.15) is 5.52 Å². The van der Waals surface area contributed by atoms with Gasteiger partial charge in [-0.2, -0.15) is 5.26 Å². The van der Waals surface area contributed by atoms with Crippen LogP contribution in [0.1, 0.15) is 15.9 Å². The first-order chi connectivity index (χ1) is 11.1. The second kappa shape index (κ2) is 5.95. The molecule has 2 aromatic carbocycles. The lowest BCUT2D eigenvalue weighted by atomic mass is 10.1. The fourth-order valence-electron chi connectivity index (χ4n) is 2.19. The predicted molar refractivity (Wildman–Crippen MR) is 87.5 cm³/mol. The minimum Gasteiger partial charge on any atom is -0.505 e. The molecule has 0 aliphatic rings. The van der Waals surface area contributed by atoms with Gasteiger partial charge in [-0.05, 0) is 30.3 Å². The number of phenolic OH excluding ortho intramolecular Hbond substituents is 1. The van der Waals surface area contributed by atoms with Crippen LogP contribution in [-0.2, 0) is 0 Å². The molecule has 0 fully saturated rings. The number of carbonyl (C=O) groups is 1. The number of hydrogen-bond acceptors (Lipinski definition) is 4. The Morgan fingerprint density at radius 2 is 2.09 bits per heavy atom. The average molecular weight is 324 g/mol. The lowest BCUT2D eigenvalue weighted by Gasteiger charge is -2.10. The van der Waals surface area contributed by atoms with Gasteiger partial charge in [-0.1, -0.05) is 23.7 Å². The summed E-state index contributed by atoms with van der Waals surface area (Å²) in [6.45, 7) is 0. The highest BCUT2D eigenvalue weighted by Crippen LogP contribution is 2.29. The number of rotatable bonds is 2. The number of benzene rings is 2. The molecule has 2 N–H and O–H groups in total. The Bertz CT molecular complexity index is 964. The van der Waals surface area contributed by atoms with Gasteiger partial charge in [0, 0.05) is 11.6 Å². The second-order valence-corrected chi connectivity index (χ2v) is 5.20. The number of carbonyl (C=O) groups excluding carboxylic acids is 1. The molecule has 0 spiro atoms. The van der Waals surface area contributed by atoms with E-state index in [4.69, 9.17) is 16.9 Å². The number of pyridine rings is 1. The van der Waals surface area contributed by atoms with Crippen LogP contribution in [0.25, 0.3) is 10.9 Å². The van der Waals surface area contributed by atoms with Crippen LogP contribution < -0.4 is 5.32 Å². The summed E-state index contributed by atoms with van der Waals surface area (Å²) in [5, 5.41) is 22.8. The third kappa shape index (κ3) is 2.80. The number of aromatic hydroxyl groups is 1. The van der Waals surface area contributed by atoms with Gasteiger partial charge < -0.3 is 10.4 Å². The highest BCUT2D eigenvalue weighted by atomic mass is 35.5. The standard InChI is InChI=1S/C17H10ClN3O2/c18-13-6-3-10(9-19)8-14(13)21-17(23)12-5-4-11-2-1-7-20-15(11)16(12)22/h1-8,22H,(H,21,23). The third-order valence-corrected chi connectivity index (χ3v) is 3.67. The summed E-state index contributed by atoms with van der Waals surface area (Å²) in [4.78, 5) is 16.5. The summed E-state index contributed by atoms with van der Waals surface area (Å²) < 4.78 is 0. The maximum absolute atomic E-state index is 12.4. The number of fused-ring (bicyclic) bond motifs is 1. The second-order valence-electron chi connectivity index (χ2n) is 4.80. The van der Waals surface area contributed by atoms with Crippen LogP contribution in [0.2, 0.25) is 5.02 Å². The van der Waals surface area contributed by atoms with Crippen molar-refractivity contribution in [2.75, 3.05) is 5.32 Å². The SMILES string of the molecule is N#Cc1ccc(Cl)c(NC(=O)c2ccc3cccnc3c2O)c1. The smallest absolute Gasteiger partial charge is 0.259 e. The van der Waals surface area contributed by atoms with Gasteiger partial charge in [-0.15, -0.1) is 0 Å². The van der Waals surface area contributed by atoms with Crippen molar-refractivity contribution in [1.29, 1.82) is 5.26 Å². The number of nitriles is 1. The number of nitrogens with one attached hydrogen (secondary N) is 1. The summed E-state index contributed by atoms with van der Waals surface area (Å²) in [5.41, 5.74) is 1.09. The zero-order chi connectivity index (χ0) is 16.4. The fraction of sp³-hybridized carbons (Fsp3) is 0. The highest BCUT2D eigenvalue weighted by Gasteiger charge is 2.16. The zero-order valence-corrected chi connectivity index (χ0v) is 12.5. The number of phenols is 1. The molecule has 0 unspecified atom stereocenters. The van der Waals surface area contributed by atoms with Crippen molar-refractivity contribution >= 4 is 34.1 Å². The third-order valence-electron chi connectivity index (χ3n) is 3.34. The number of amides is 1. The molecule has 0 aliphatic carbocycles. The van der Waals surface area contributed by atoms with E-state index in [1.54, 1.807) is 24.3 Å². The number of hydrogen-bond donors (Lipinski definition) is 2. The Morgan fingerprint density at radius 3 is 2.87 bits per heavy atom. The van der Waals surface area contributed by atoms with E-state index >= 15 is 0 Å². The van der Waals surface area contributed by atoms with E-state index in [0.717, 1.165) is 5.39 Å². The normalized spacial score (nSPS) is 10.3. The van der Waals surface area contributed by atoms with Gasteiger partial charge in [0.2, 0.25) is 0 Å². The lowest BCUT2D eigenvalue weighted by molar-refractivity contribution is 0.102. The first kappa shape index (κ1) is 14.8. The Kier molecular flexibility index (Phi) is 3.83. The van der Waals surface area contributed by atoms with Crippen LogP contribution in [0.3, 0.4) is 0 Å². The summed E-state index contributed by atoms with van der Waals surface area (Å²) >= 11 is 6.02. The van der Waals surface area contributed by atoms with Crippen LogP contribution in [0.5, 0.6) is 5.75 Å². The molecule has 6 heteroatoms. The molecule has 112 valence electrons. The molecule has 1 aromatic heterocycles. The molecule has 0 saturated carbocycles. The van der Waals surface area contributed by atoms with Gasteiger partial charge in [-0.25, -0.2) is 0 Å². The molecular weight excluding hydrogens is 314 g/mol. The minimum absolute atomic E-state index is 0.0784. The van der Waals surface area contributed by atoms with Crippen LogP contribution >= 0.6 is 11.6 Å². The van der Waals surface area contributed by atoms with Crippen molar-refractivity contribution in [3.05, 3.63) is 64.8 Å². The highest BCUT2D eigenvalue weighted by molar-refractivity contribution is 6.34. The van der Waals surface area contributed by atoms with E-state index in [2.05, 4.69) is 10.3 Å². The topological polar surface area (TPSA) is 86.0 Å². The fourth-order valence-corrected chi connectivity index (χ4v) is 2.36. The molecule has 0 saturated heterocycles. The Hall–Kier alpha value is -3.10. The maximum Gasteiger partial charge on any atom is 0.259 e. The van der Waals surface area contributed by atoms with Crippen molar-refractivity contribution in [2.24, 2.45) is 0 Å². The summed E-state index contributed by atoms with van der Waals surface area (Å²) in [6, 6.07) is 13.3. The molecule has 0 radical (unpaired) electrons. The Morgan fingerprint density at radius 1 is 1.26 bits per heavy atom. The Balaban J connectivity index is 1.99. The number of aromatic nitrogens is 1. The van der Waals surface area contributed by atoms with Gasteiger partial charge in [-0.3, -0.25) is 9.78 Å². The Labute approximate surface area is 136 Å². The lowest BCUT2D eigenvalue weighted by Crippen LogP contribution is -2.12. The molecule has 0 bridgehead atoms. The molecule has 3 rings (SSSR count). The largest absolute Gasteiger partial charge is 0.505 e. The number of halogens is 1. The monoisotopic (exact) mass is 323 g/mol. The van der Waals surface area contributed by atoms with E-state index in [0.29, 0.717) is 21.8 Å². The molecule has 0 aliphatic heterocycles. The summed E-state index contributed by atoms with van der Waals surface area (Å²) in [5.74, 6) is -0.736. The zero-order valence-electron chi connectivity index (χ0n) is 11.7. The van der Waals surface area contributed by atoms with E-state index in [-0.39, 0.29) is 11.3 Å². The molecule has 1 amide bonds. The van der Waals surface area contributed by atoms with Crippen LogP contribution in [0.15, 0.2) is 48.7 Å².